The number of benzene rings is 1. The van der Waals surface area contributed by atoms with Gasteiger partial charge >= 0.3 is 0 Å². The Hall–Kier alpha value is -2.56. The van der Waals surface area contributed by atoms with Crippen molar-refractivity contribution in [3.05, 3.63) is 56.1 Å². The van der Waals surface area contributed by atoms with Gasteiger partial charge in [-0.1, -0.05) is 20.8 Å². The molecular weight excluding hydrogens is 342 g/mol. The zero-order valence-electron chi connectivity index (χ0n) is 17.1. The first kappa shape index (κ1) is 20.7. The molecule has 1 heterocycles. The number of hydrogen-bond donors (Lipinski definition) is 1. The van der Waals surface area contributed by atoms with Gasteiger partial charge in [0.05, 0.1) is 7.11 Å². The van der Waals surface area contributed by atoms with Gasteiger partial charge in [0.25, 0.3) is 5.91 Å². The van der Waals surface area contributed by atoms with Crippen molar-refractivity contribution in [1.29, 1.82) is 0 Å². The van der Waals surface area contributed by atoms with Crippen LogP contribution in [-0.2, 0) is 19.3 Å². The zero-order chi connectivity index (χ0) is 20.1. The van der Waals surface area contributed by atoms with Crippen molar-refractivity contribution in [2.45, 2.75) is 60.3 Å². The Morgan fingerprint density at radius 1 is 1.11 bits per heavy atom. The van der Waals surface area contributed by atoms with Crippen LogP contribution in [0.5, 0.6) is 5.75 Å². The molecule has 1 aromatic carbocycles. The SMILES string of the molecule is CCCc1oc(C)c(C)c(=O)c1C(=O)Nc1c(CC)cc(OC)cc1CC. The van der Waals surface area contributed by atoms with Crippen LogP contribution in [-0.4, -0.2) is 13.0 Å². The molecule has 1 N–H and O–H groups in total. The Bertz CT molecular complexity index is 871. The van der Waals surface area contributed by atoms with Gasteiger partial charge in [-0.25, -0.2) is 0 Å². The summed E-state index contributed by atoms with van der Waals surface area (Å²) in [6.07, 6.45) is 2.81. The monoisotopic (exact) mass is 371 g/mol. The minimum atomic E-state index is -0.412. The molecule has 0 saturated heterocycles. The largest absolute Gasteiger partial charge is 0.497 e. The maximum atomic E-state index is 13.1. The standard InChI is InChI=1S/C22H29NO4/c1-7-10-18-19(21(24)13(4)14(5)27-18)22(25)23-20-15(8-2)11-17(26-6)12-16(20)9-3/h11-12H,7-10H2,1-6H3,(H,23,25). The first-order valence-corrected chi connectivity index (χ1v) is 9.52. The van der Waals surface area contributed by atoms with Crippen molar-refractivity contribution in [1.82, 2.24) is 0 Å². The molecule has 0 aliphatic heterocycles. The van der Waals surface area contributed by atoms with Gasteiger partial charge in [-0.3, -0.25) is 9.59 Å². The van der Waals surface area contributed by atoms with Gasteiger partial charge < -0.3 is 14.5 Å². The highest BCUT2D eigenvalue weighted by molar-refractivity contribution is 6.05. The molecule has 0 radical (unpaired) electrons. The van der Waals surface area contributed by atoms with E-state index in [9.17, 15) is 9.59 Å². The molecule has 1 aromatic heterocycles. The molecule has 5 nitrogen and oxygen atoms in total. The predicted octanol–water partition coefficient (Wildman–Crippen LogP) is 4.59. The molecule has 5 heteroatoms. The molecular formula is C22H29NO4. The fourth-order valence-electron chi connectivity index (χ4n) is 3.17. The minimum absolute atomic E-state index is 0.111. The fraction of sp³-hybridized carbons (Fsp3) is 0.455. The second-order valence-corrected chi connectivity index (χ2v) is 6.64. The highest BCUT2D eigenvalue weighted by Gasteiger charge is 2.22. The van der Waals surface area contributed by atoms with Gasteiger partial charge in [0.2, 0.25) is 5.43 Å². The van der Waals surface area contributed by atoms with Gasteiger partial charge in [-0.2, -0.15) is 0 Å². The van der Waals surface area contributed by atoms with E-state index in [-0.39, 0.29) is 11.0 Å². The van der Waals surface area contributed by atoms with E-state index in [1.165, 1.54) is 0 Å². The molecule has 0 aliphatic rings. The third kappa shape index (κ3) is 4.24. The van der Waals surface area contributed by atoms with Gasteiger partial charge in [0, 0.05) is 17.7 Å². The normalized spacial score (nSPS) is 10.7. The summed E-state index contributed by atoms with van der Waals surface area (Å²) in [6.45, 7) is 9.49. The molecule has 2 aromatic rings. The summed E-state index contributed by atoms with van der Waals surface area (Å²) in [6, 6.07) is 3.84. The zero-order valence-corrected chi connectivity index (χ0v) is 17.1. The summed E-state index contributed by atoms with van der Waals surface area (Å²) in [5, 5.41) is 2.98. The first-order valence-electron chi connectivity index (χ1n) is 9.52. The number of amides is 1. The molecule has 0 unspecified atom stereocenters. The smallest absolute Gasteiger partial charge is 0.263 e. The van der Waals surface area contributed by atoms with E-state index < -0.39 is 5.91 Å². The van der Waals surface area contributed by atoms with E-state index in [4.69, 9.17) is 9.15 Å². The van der Waals surface area contributed by atoms with Gasteiger partial charge in [0.1, 0.15) is 22.8 Å². The van der Waals surface area contributed by atoms with Crippen LogP contribution >= 0.6 is 0 Å². The third-order valence-corrected chi connectivity index (χ3v) is 4.87. The van der Waals surface area contributed by atoms with Crippen molar-refractivity contribution in [2.75, 3.05) is 12.4 Å². The molecule has 0 aliphatic carbocycles. The van der Waals surface area contributed by atoms with Crippen molar-refractivity contribution in [3.63, 3.8) is 0 Å². The van der Waals surface area contributed by atoms with Crippen LogP contribution in [0.3, 0.4) is 0 Å². The summed E-state index contributed by atoms with van der Waals surface area (Å²) in [4.78, 5) is 25.9. The summed E-state index contributed by atoms with van der Waals surface area (Å²) in [5.74, 6) is 1.37. The Morgan fingerprint density at radius 3 is 2.19 bits per heavy atom. The third-order valence-electron chi connectivity index (χ3n) is 4.87. The van der Waals surface area contributed by atoms with Crippen LogP contribution in [0, 0.1) is 13.8 Å². The highest BCUT2D eigenvalue weighted by atomic mass is 16.5. The van der Waals surface area contributed by atoms with Crippen LogP contribution in [0.1, 0.15) is 65.8 Å². The van der Waals surface area contributed by atoms with Crippen LogP contribution in [0.4, 0.5) is 5.69 Å². The Kier molecular flexibility index (Phi) is 6.83. The molecule has 0 spiro atoms. The predicted molar refractivity (Wildman–Crippen MR) is 108 cm³/mol. The number of carbonyl (C=O) groups is 1. The van der Waals surface area contributed by atoms with Gasteiger partial charge in [-0.15, -0.1) is 0 Å². The lowest BCUT2D eigenvalue weighted by atomic mass is 10.0. The maximum absolute atomic E-state index is 13.1. The average molecular weight is 371 g/mol. The van der Waals surface area contributed by atoms with E-state index >= 15 is 0 Å². The number of nitrogens with one attached hydrogen (secondary N) is 1. The second-order valence-electron chi connectivity index (χ2n) is 6.64. The summed E-state index contributed by atoms with van der Waals surface area (Å²) >= 11 is 0. The summed E-state index contributed by atoms with van der Waals surface area (Å²) < 4.78 is 11.2. The first-order chi connectivity index (χ1) is 12.9. The number of aryl methyl sites for hydroxylation is 4. The molecule has 0 atom stereocenters. The molecule has 0 bridgehead atoms. The van der Waals surface area contributed by atoms with E-state index in [1.807, 2.05) is 32.9 Å². The summed E-state index contributed by atoms with van der Waals surface area (Å²) in [7, 11) is 1.63. The Labute approximate surface area is 160 Å². The maximum Gasteiger partial charge on any atom is 0.263 e. The number of methoxy groups -OCH3 is 1. The summed E-state index contributed by atoms with van der Waals surface area (Å²) in [5.41, 5.74) is 3.03. The van der Waals surface area contributed by atoms with E-state index in [1.54, 1.807) is 21.0 Å². The molecule has 146 valence electrons. The molecule has 2 rings (SSSR count). The van der Waals surface area contributed by atoms with E-state index in [0.29, 0.717) is 23.5 Å². The lowest BCUT2D eigenvalue weighted by molar-refractivity contribution is 0.102. The number of rotatable bonds is 7. The second kappa shape index (κ2) is 8.89. The number of hydrogen-bond acceptors (Lipinski definition) is 4. The number of ether oxygens (including phenoxy) is 1. The van der Waals surface area contributed by atoms with Crippen molar-refractivity contribution < 1.29 is 13.9 Å². The quantitative estimate of drug-likeness (QED) is 0.772. The molecule has 0 saturated carbocycles. The van der Waals surface area contributed by atoms with Crippen LogP contribution in [0.15, 0.2) is 21.3 Å². The lowest BCUT2D eigenvalue weighted by Gasteiger charge is -2.17. The fourth-order valence-corrected chi connectivity index (χ4v) is 3.17. The molecule has 0 fully saturated rings. The van der Waals surface area contributed by atoms with E-state index in [0.717, 1.165) is 41.8 Å². The van der Waals surface area contributed by atoms with Crippen LogP contribution < -0.4 is 15.5 Å². The average Bonchev–Trinajstić information content (AvgIpc) is 2.66. The van der Waals surface area contributed by atoms with Gasteiger partial charge in [-0.05, 0) is 56.4 Å². The van der Waals surface area contributed by atoms with Crippen molar-refractivity contribution >= 4 is 11.6 Å². The molecule has 27 heavy (non-hydrogen) atoms. The number of carbonyl (C=O) groups excluding carboxylic acids is 1. The Balaban J connectivity index is 2.56. The lowest BCUT2D eigenvalue weighted by Crippen LogP contribution is -2.26. The highest BCUT2D eigenvalue weighted by Crippen LogP contribution is 2.29. The van der Waals surface area contributed by atoms with Crippen molar-refractivity contribution in [2.24, 2.45) is 0 Å². The van der Waals surface area contributed by atoms with Crippen LogP contribution in [0.2, 0.25) is 0 Å². The van der Waals surface area contributed by atoms with E-state index in [2.05, 4.69) is 5.32 Å². The topological polar surface area (TPSA) is 68.5 Å². The minimum Gasteiger partial charge on any atom is -0.497 e. The van der Waals surface area contributed by atoms with Crippen LogP contribution in [0.25, 0.3) is 0 Å². The number of anilines is 1. The van der Waals surface area contributed by atoms with Gasteiger partial charge in [0.15, 0.2) is 0 Å². The van der Waals surface area contributed by atoms with Crippen molar-refractivity contribution in [3.8, 4) is 5.75 Å². The Morgan fingerprint density at radius 2 is 1.70 bits per heavy atom. The molecule has 1 amide bonds.